The summed E-state index contributed by atoms with van der Waals surface area (Å²) < 4.78 is 6.94. The number of aryl methyl sites for hydroxylation is 1. The summed E-state index contributed by atoms with van der Waals surface area (Å²) in [5, 5.41) is 16.8. The number of anilines is 1. The highest BCUT2D eigenvalue weighted by Crippen LogP contribution is 2.25. The van der Waals surface area contributed by atoms with Gasteiger partial charge in [0.1, 0.15) is 11.4 Å². The molecule has 0 spiro atoms. The Morgan fingerprint density at radius 2 is 1.96 bits per heavy atom. The predicted molar refractivity (Wildman–Crippen MR) is 105 cm³/mol. The molecule has 1 heterocycles. The Labute approximate surface area is 163 Å². The van der Waals surface area contributed by atoms with Gasteiger partial charge in [-0.15, -0.1) is 0 Å². The average Bonchev–Trinajstić information content (AvgIpc) is 2.64. The molecular formula is C19H16BrN3O4. The van der Waals surface area contributed by atoms with Gasteiger partial charge in [-0.1, -0.05) is 18.2 Å². The Hall–Kier alpha value is -3.13. The standard InChI is InChI=1S/C19H16BrN3O4/c1-11-7-8-13(12(20)9-11)21-19(26)18-15(24)10-17(25)23(22-18)14-5-3-4-6-16(14)27-2/h3-10,24H,1-2H3,(H,21,26). The number of halogens is 1. The summed E-state index contributed by atoms with van der Waals surface area (Å²) in [6, 6.07) is 13.1. The Bertz CT molecular complexity index is 1080. The van der Waals surface area contributed by atoms with Crippen LogP contribution in [-0.2, 0) is 0 Å². The molecule has 0 fully saturated rings. The smallest absolute Gasteiger partial charge is 0.280 e. The SMILES string of the molecule is COc1ccccc1-n1nc(C(=O)Nc2ccc(C)cc2Br)c(O)cc1=O. The van der Waals surface area contributed by atoms with Crippen molar-refractivity contribution in [3.63, 3.8) is 0 Å². The van der Waals surface area contributed by atoms with Gasteiger partial charge in [-0.3, -0.25) is 9.59 Å². The number of nitrogens with one attached hydrogen (secondary N) is 1. The normalized spacial score (nSPS) is 10.5. The molecule has 1 aromatic heterocycles. The summed E-state index contributed by atoms with van der Waals surface area (Å²) in [6.45, 7) is 1.92. The van der Waals surface area contributed by atoms with E-state index < -0.39 is 17.2 Å². The summed E-state index contributed by atoms with van der Waals surface area (Å²) in [5.74, 6) is -0.752. The van der Waals surface area contributed by atoms with E-state index in [-0.39, 0.29) is 5.69 Å². The van der Waals surface area contributed by atoms with Crippen molar-refractivity contribution in [3.05, 3.63) is 74.6 Å². The summed E-state index contributed by atoms with van der Waals surface area (Å²) in [7, 11) is 1.47. The molecule has 0 aliphatic carbocycles. The third-order valence-corrected chi connectivity index (χ3v) is 4.47. The van der Waals surface area contributed by atoms with Gasteiger partial charge in [-0.05, 0) is 52.7 Å². The van der Waals surface area contributed by atoms with Gasteiger partial charge in [-0.2, -0.15) is 9.78 Å². The Morgan fingerprint density at radius 3 is 2.67 bits per heavy atom. The van der Waals surface area contributed by atoms with E-state index in [0.717, 1.165) is 16.3 Å². The van der Waals surface area contributed by atoms with Crippen molar-refractivity contribution in [2.45, 2.75) is 6.92 Å². The number of benzene rings is 2. The number of rotatable bonds is 4. The quantitative estimate of drug-likeness (QED) is 0.663. The first-order valence-electron chi connectivity index (χ1n) is 7.95. The second-order valence-corrected chi connectivity index (χ2v) is 6.59. The molecule has 7 nitrogen and oxygen atoms in total. The molecule has 2 N–H and O–H groups in total. The van der Waals surface area contributed by atoms with E-state index in [2.05, 4.69) is 26.3 Å². The van der Waals surface area contributed by atoms with E-state index in [1.54, 1.807) is 30.3 Å². The van der Waals surface area contributed by atoms with E-state index in [1.807, 2.05) is 19.1 Å². The molecule has 3 aromatic rings. The van der Waals surface area contributed by atoms with E-state index in [9.17, 15) is 14.7 Å². The zero-order valence-electron chi connectivity index (χ0n) is 14.6. The summed E-state index contributed by atoms with van der Waals surface area (Å²) in [4.78, 5) is 24.9. The van der Waals surface area contributed by atoms with Crippen LogP contribution in [0.4, 0.5) is 5.69 Å². The third kappa shape index (κ3) is 3.85. The number of aromatic nitrogens is 2. The van der Waals surface area contributed by atoms with Crippen molar-refractivity contribution in [2.24, 2.45) is 0 Å². The number of amides is 1. The van der Waals surface area contributed by atoms with E-state index >= 15 is 0 Å². The molecule has 0 saturated heterocycles. The number of para-hydroxylation sites is 2. The number of nitrogens with zero attached hydrogens (tertiary/aromatic N) is 2. The first kappa shape index (κ1) is 18.7. The number of hydrogen-bond donors (Lipinski definition) is 2. The third-order valence-electron chi connectivity index (χ3n) is 3.81. The van der Waals surface area contributed by atoms with E-state index in [1.165, 1.54) is 7.11 Å². The monoisotopic (exact) mass is 429 g/mol. The minimum Gasteiger partial charge on any atom is -0.505 e. The molecular weight excluding hydrogens is 414 g/mol. The molecule has 1 amide bonds. The predicted octanol–water partition coefficient (Wildman–Crippen LogP) is 3.27. The Kier molecular flexibility index (Phi) is 5.27. The summed E-state index contributed by atoms with van der Waals surface area (Å²) >= 11 is 3.38. The zero-order valence-corrected chi connectivity index (χ0v) is 16.1. The first-order valence-corrected chi connectivity index (χ1v) is 8.74. The Balaban J connectivity index is 2.03. The lowest BCUT2D eigenvalue weighted by Crippen LogP contribution is -2.25. The number of ether oxygens (including phenoxy) is 1. The van der Waals surface area contributed by atoms with Crippen molar-refractivity contribution in [1.29, 1.82) is 0 Å². The number of aromatic hydroxyl groups is 1. The maximum Gasteiger partial charge on any atom is 0.280 e. The van der Waals surface area contributed by atoms with Crippen LogP contribution in [0.2, 0.25) is 0 Å². The van der Waals surface area contributed by atoms with Crippen molar-refractivity contribution in [2.75, 3.05) is 12.4 Å². The largest absolute Gasteiger partial charge is 0.505 e. The topological polar surface area (TPSA) is 93.5 Å². The number of hydrogen-bond acceptors (Lipinski definition) is 5. The van der Waals surface area contributed by atoms with Crippen LogP contribution in [0.5, 0.6) is 11.5 Å². The summed E-state index contributed by atoms with van der Waals surface area (Å²) in [5.41, 5.74) is 1.01. The number of carbonyl (C=O) groups excluding carboxylic acids is 1. The minimum absolute atomic E-state index is 0.284. The second kappa shape index (κ2) is 7.63. The Morgan fingerprint density at radius 1 is 1.22 bits per heavy atom. The minimum atomic E-state index is -0.652. The van der Waals surface area contributed by atoms with Gasteiger partial charge in [-0.25, -0.2) is 0 Å². The highest BCUT2D eigenvalue weighted by Gasteiger charge is 2.19. The van der Waals surface area contributed by atoms with Gasteiger partial charge in [0, 0.05) is 10.5 Å². The molecule has 0 aliphatic heterocycles. The van der Waals surface area contributed by atoms with Crippen LogP contribution in [0.15, 0.2) is 57.8 Å². The number of carbonyl (C=O) groups is 1. The highest BCUT2D eigenvalue weighted by atomic mass is 79.9. The fourth-order valence-corrected chi connectivity index (χ4v) is 3.08. The maximum atomic E-state index is 12.6. The lowest BCUT2D eigenvalue weighted by atomic mass is 10.2. The van der Waals surface area contributed by atoms with Crippen LogP contribution in [0.25, 0.3) is 5.69 Å². The van der Waals surface area contributed by atoms with E-state index in [0.29, 0.717) is 21.6 Å². The van der Waals surface area contributed by atoms with Crippen molar-refractivity contribution in [1.82, 2.24) is 9.78 Å². The zero-order chi connectivity index (χ0) is 19.6. The van der Waals surface area contributed by atoms with Crippen molar-refractivity contribution >= 4 is 27.5 Å². The van der Waals surface area contributed by atoms with Crippen LogP contribution in [0.3, 0.4) is 0 Å². The molecule has 0 atom stereocenters. The molecule has 27 heavy (non-hydrogen) atoms. The van der Waals surface area contributed by atoms with Crippen LogP contribution in [-0.4, -0.2) is 27.9 Å². The van der Waals surface area contributed by atoms with Crippen LogP contribution < -0.4 is 15.6 Å². The maximum absolute atomic E-state index is 12.6. The van der Waals surface area contributed by atoms with Crippen molar-refractivity contribution < 1.29 is 14.6 Å². The van der Waals surface area contributed by atoms with Gasteiger partial charge in [0.25, 0.3) is 11.5 Å². The first-order chi connectivity index (χ1) is 12.9. The fourth-order valence-electron chi connectivity index (χ4n) is 2.49. The number of methoxy groups -OCH3 is 1. The van der Waals surface area contributed by atoms with Crippen LogP contribution in [0.1, 0.15) is 16.1 Å². The molecule has 8 heteroatoms. The molecule has 2 aromatic carbocycles. The van der Waals surface area contributed by atoms with E-state index in [4.69, 9.17) is 4.74 Å². The molecule has 0 saturated carbocycles. The summed E-state index contributed by atoms with van der Waals surface area (Å²) in [6.07, 6.45) is 0. The van der Waals surface area contributed by atoms with Gasteiger partial charge >= 0.3 is 0 Å². The highest BCUT2D eigenvalue weighted by molar-refractivity contribution is 9.10. The van der Waals surface area contributed by atoms with Crippen LogP contribution >= 0.6 is 15.9 Å². The van der Waals surface area contributed by atoms with Gasteiger partial charge in [0.15, 0.2) is 11.4 Å². The van der Waals surface area contributed by atoms with Gasteiger partial charge < -0.3 is 15.2 Å². The second-order valence-electron chi connectivity index (χ2n) is 5.74. The van der Waals surface area contributed by atoms with Crippen LogP contribution in [0, 0.1) is 6.92 Å². The van der Waals surface area contributed by atoms with Gasteiger partial charge in [0.2, 0.25) is 0 Å². The van der Waals surface area contributed by atoms with Gasteiger partial charge in [0.05, 0.1) is 12.8 Å². The molecule has 138 valence electrons. The molecule has 0 bridgehead atoms. The fraction of sp³-hybridized carbons (Fsp3) is 0.105. The molecule has 0 aliphatic rings. The molecule has 3 rings (SSSR count). The van der Waals surface area contributed by atoms with Crippen molar-refractivity contribution in [3.8, 4) is 17.2 Å². The average molecular weight is 430 g/mol. The molecule has 0 unspecified atom stereocenters. The lowest BCUT2D eigenvalue weighted by Gasteiger charge is -2.12. The molecule has 0 radical (unpaired) electrons. The lowest BCUT2D eigenvalue weighted by molar-refractivity contribution is 0.101.